The molecule has 2 aliphatic rings. The quantitative estimate of drug-likeness (QED) is 0.819. The average Bonchev–Trinajstić information content (AvgIpc) is 2.61. The van der Waals surface area contributed by atoms with Crippen LogP contribution in [0.2, 0.25) is 0 Å². The van der Waals surface area contributed by atoms with Crippen LogP contribution in [0.25, 0.3) is 0 Å². The third kappa shape index (κ3) is 3.93. The standard InChI is InChI=1S/C18H24FN3O2/c1-23-8-6-22-7-9-24-18-4-5-21(13-17(18)22)12-14-2-3-16(19)15(10-14)11-20/h2-3,10,17-18H,4-9,12-13H2,1H3/t17-,18-/m0/s1. The summed E-state index contributed by atoms with van der Waals surface area (Å²) in [5.74, 6) is -0.452. The number of ether oxygens (including phenoxy) is 2. The second kappa shape index (κ2) is 8.04. The summed E-state index contributed by atoms with van der Waals surface area (Å²) in [6, 6.07) is 7.09. The summed E-state index contributed by atoms with van der Waals surface area (Å²) >= 11 is 0. The minimum Gasteiger partial charge on any atom is -0.383 e. The molecule has 130 valence electrons. The Morgan fingerprint density at radius 2 is 2.29 bits per heavy atom. The highest BCUT2D eigenvalue weighted by molar-refractivity contribution is 5.34. The number of hydrogen-bond donors (Lipinski definition) is 0. The van der Waals surface area contributed by atoms with Crippen LogP contribution in [0.5, 0.6) is 0 Å². The van der Waals surface area contributed by atoms with Crippen molar-refractivity contribution in [2.45, 2.75) is 25.1 Å². The Hall–Kier alpha value is -1.52. The zero-order valence-corrected chi connectivity index (χ0v) is 14.1. The van der Waals surface area contributed by atoms with E-state index in [0.717, 1.165) is 57.9 Å². The van der Waals surface area contributed by atoms with E-state index in [2.05, 4.69) is 9.80 Å². The Bertz CT molecular complexity index is 604. The summed E-state index contributed by atoms with van der Waals surface area (Å²) < 4.78 is 24.6. The molecule has 2 aliphatic heterocycles. The number of fused-ring (bicyclic) bond motifs is 1. The van der Waals surface area contributed by atoms with Crippen molar-refractivity contribution in [3.8, 4) is 6.07 Å². The minimum absolute atomic E-state index is 0.116. The maximum Gasteiger partial charge on any atom is 0.140 e. The molecule has 0 aromatic heterocycles. The van der Waals surface area contributed by atoms with Gasteiger partial charge in [0.15, 0.2) is 0 Å². The molecular formula is C18H24FN3O2. The van der Waals surface area contributed by atoms with Crippen LogP contribution >= 0.6 is 0 Å². The van der Waals surface area contributed by atoms with Crippen molar-refractivity contribution in [2.75, 3.05) is 46.5 Å². The van der Waals surface area contributed by atoms with Crippen LogP contribution in [0.1, 0.15) is 17.5 Å². The second-order valence-electron chi connectivity index (χ2n) is 6.46. The highest BCUT2D eigenvalue weighted by atomic mass is 19.1. The lowest BCUT2D eigenvalue weighted by Gasteiger charge is -2.47. The van der Waals surface area contributed by atoms with Crippen molar-refractivity contribution >= 4 is 0 Å². The number of morpholine rings is 1. The van der Waals surface area contributed by atoms with Gasteiger partial charge in [0, 0.05) is 45.9 Å². The fourth-order valence-electron chi connectivity index (χ4n) is 3.65. The molecule has 2 saturated heterocycles. The molecule has 0 amide bonds. The Labute approximate surface area is 142 Å². The van der Waals surface area contributed by atoms with Crippen molar-refractivity contribution in [2.24, 2.45) is 0 Å². The lowest BCUT2D eigenvalue weighted by atomic mass is 9.98. The molecule has 0 bridgehead atoms. The third-order valence-corrected chi connectivity index (χ3v) is 4.92. The van der Waals surface area contributed by atoms with Crippen LogP contribution in [0.4, 0.5) is 4.39 Å². The van der Waals surface area contributed by atoms with Crippen molar-refractivity contribution < 1.29 is 13.9 Å². The Balaban J connectivity index is 1.64. The monoisotopic (exact) mass is 333 g/mol. The lowest BCUT2D eigenvalue weighted by molar-refractivity contribution is -0.107. The van der Waals surface area contributed by atoms with Crippen molar-refractivity contribution in [1.29, 1.82) is 5.26 Å². The van der Waals surface area contributed by atoms with Crippen molar-refractivity contribution in [3.05, 3.63) is 35.1 Å². The molecule has 3 rings (SSSR count). The van der Waals surface area contributed by atoms with Gasteiger partial charge in [0.05, 0.1) is 24.9 Å². The minimum atomic E-state index is -0.452. The van der Waals surface area contributed by atoms with E-state index in [-0.39, 0.29) is 11.7 Å². The van der Waals surface area contributed by atoms with Gasteiger partial charge >= 0.3 is 0 Å². The zero-order valence-electron chi connectivity index (χ0n) is 14.1. The first-order valence-electron chi connectivity index (χ1n) is 8.46. The summed E-state index contributed by atoms with van der Waals surface area (Å²) in [5.41, 5.74) is 1.09. The normalized spacial score (nSPS) is 25.2. The first-order chi connectivity index (χ1) is 11.7. The lowest BCUT2D eigenvalue weighted by Crippen LogP contribution is -2.60. The van der Waals surface area contributed by atoms with Gasteiger partial charge in [-0.1, -0.05) is 6.07 Å². The van der Waals surface area contributed by atoms with E-state index in [4.69, 9.17) is 14.7 Å². The highest BCUT2D eigenvalue weighted by Crippen LogP contribution is 2.24. The molecule has 0 N–H and O–H groups in total. The smallest absolute Gasteiger partial charge is 0.140 e. The molecule has 24 heavy (non-hydrogen) atoms. The molecule has 1 aromatic carbocycles. The SMILES string of the molecule is COCCN1CCO[C@H]2CCN(Cc3ccc(F)c(C#N)c3)C[C@@H]21. The number of piperidine rings is 1. The number of nitriles is 1. The van der Waals surface area contributed by atoms with E-state index in [1.54, 1.807) is 19.2 Å². The van der Waals surface area contributed by atoms with E-state index in [1.807, 2.05) is 6.07 Å². The molecule has 0 saturated carbocycles. The van der Waals surface area contributed by atoms with Crippen LogP contribution < -0.4 is 0 Å². The molecule has 0 radical (unpaired) electrons. The summed E-state index contributed by atoms with van der Waals surface area (Å²) in [4.78, 5) is 4.82. The number of nitrogens with zero attached hydrogens (tertiary/aromatic N) is 3. The molecule has 0 unspecified atom stereocenters. The van der Waals surface area contributed by atoms with Gasteiger partial charge < -0.3 is 9.47 Å². The Morgan fingerprint density at radius 1 is 1.42 bits per heavy atom. The van der Waals surface area contributed by atoms with E-state index >= 15 is 0 Å². The van der Waals surface area contributed by atoms with Crippen molar-refractivity contribution in [1.82, 2.24) is 9.80 Å². The van der Waals surface area contributed by atoms with E-state index in [0.29, 0.717) is 6.04 Å². The largest absolute Gasteiger partial charge is 0.383 e. The number of methoxy groups -OCH3 is 1. The van der Waals surface area contributed by atoms with E-state index in [1.165, 1.54) is 6.07 Å². The molecule has 5 nitrogen and oxygen atoms in total. The van der Waals surface area contributed by atoms with Crippen LogP contribution in [0.3, 0.4) is 0 Å². The number of benzene rings is 1. The van der Waals surface area contributed by atoms with Crippen LogP contribution in [-0.2, 0) is 16.0 Å². The molecule has 0 aliphatic carbocycles. The topological polar surface area (TPSA) is 48.7 Å². The fourth-order valence-corrected chi connectivity index (χ4v) is 3.65. The Morgan fingerprint density at radius 3 is 3.08 bits per heavy atom. The molecule has 2 heterocycles. The summed E-state index contributed by atoms with van der Waals surface area (Å²) in [6.07, 6.45) is 1.29. The van der Waals surface area contributed by atoms with E-state index < -0.39 is 5.82 Å². The number of rotatable bonds is 5. The molecule has 2 fully saturated rings. The summed E-state index contributed by atoms with van der Waals surface area (Å²) in [7, 11) is 1.73. The van der Waals surface area contributed by atoms with Crippen LogP contribution in [0, 0.1) is 17.1 Å². The predicted molar refractivity (Wildman–Crippen MR) is 88.0 cm³/mol. The van der Waals surface area contributed by atoms with Gasteiger partial charge in [-0.05, 0) is 24.1 Å². The Kier molecular flexibility index (Phi) is 5.80. The van der Waals surface area contributed by atoms with Gasteiger partial charge in [0.25, 0.3) is 0 Å². The second-order valence-corrected chi connectivity index (χ2v) is 6.46. The highest BCUT2D eigenvalue weighted by Gasteiger charge is 2.36. The maximum absolute atomic E-state index is 13.5. The van der Waals surface area contributed by atoms with Crippen LogP contribution in [-0.4, -0.2) is 68.4 Å². The number of halogens is 1. The van der Waals surface area contributed by atoms with Gasteiger partial charge in [-0.2, -0.15) is 5.26 Å². The van der Waals surface area contributed by atoms with Gasteiger partial charge in [0.2, 0.25) is 0 Å². The van der Waals surface area contributed by atoms with E-state index in [9.17, 15) is 4.39 Å². The van der Waals surface area contributed by atoms with Crippen molar-refractivity contribution in [3.63, 3.8) is 0 Å². The number of likely N-dealkylation sites (tertiary alicyclic amines) is 1. The number of hydrogen-bond acceptors (Lipinski definition) is 5. The summed E-state index contributed by atoms with van der Waals surface area (Å²) in [5, 5.41) is 8.98. The molecule has 1 aromatic rings. The van der Waals surface area contributed by atoms with Gasteiger partial charge in [-0.15, -0.1) is 0 Å². The molecular weight excluding hydrogens is 309 g/mol. The molecule has 6 heteroatoms. The van der Waals surface area contributed by atoms with Gasteiger partial charge in [0.1, 0.15) is 11.9 Å². The molecule has 2 atom stereocenters. The third-order valence-electron chi connectivity index (χ3n) is 4.92. The maximum atomic E-state index is 13.5. The molecule has 0 spiro atoms. The predicted octanol–water partition coefficient (Wildman–Crippen LogP) is 1.62. The average molecular weight is 333 g/mol. The van der Waals surface area contributed by atoms with Crippen LogP contribution in [0.15, 0.2) is 18.2 Å². The zero-order chi connectivity index (χ0) is 16.9. The van der Waals surface area contributed by atoms with Gasteiger partial charge in [-0.3, -0.25) is 9.80 Å². The summed E-state index contributed by atoms with van der Waals surface area (Å²) in [6.45, 7) is 5.99. The first-order valence-corrected chi connectivity index (χ1v) is 8.46. The fraction of sp³-hybridized carbons (Fsp3) is 0.611. The first kappa shape index (κ1) is 17.3. The van der Waals surface area contributed by atoms with Gasteiger partial charge in [-0.25, -0.2) is 4.39 Å².